The molecule has 1 aliphatic rings. The van der Waals surface area contributed by atoms with Gasteiger partial charge in [0.1, 0.15) is 11.3 Å². The van der Waals surface area contributed by atoms with E-state index in [0.29, 0.717) is 27.5 Å². The van der Waals surface area contributed by atoms with Gasteiger partial charge in [0.15, 0.2) is 6.61 Å². The number of ether oxygens (including phenoxy) is 1. The summed E-state index contributed by atoms with van der Waals surface area (Å²) in [5.74, 6) is -1.62. The molecule has 2 aromatic carbocycles. The summed E-state index contributed by atoms with van der Waals surface area (Å²) in [7, 11) is 0. The van der Waals surface area contributed by atoms with Crippen LogP contribution in [-0.4, -0.2) is 24.5 Å². The molecule has 0 saturated heterocycles. The molecule has 7 nitrogen and oxygen atoms in total. The Kier molecular flexibility index (Phi) is 6.19. The number of hydrogen-bond donors (Lipinski definition) is 1. The number of halogens is 1. The highest BCUT2D eigenvalue weighted by molar-refractivity contribution is 6.30. The second kappa shape index (κ2) is 9.04. The van der Waals surface area contributed by atoms with E-state index < -0.39 is 24.5 Å². The van der Waals surface area contributed by atoms with Crippen LogP contribution in [0, 0.1) is 6.92 Å². The maximum absolute atomic E-state index is 12.3. The van der Waals surface area contributed by atoms with Crippen molar-refractivity contribution in [3.63, 3.8) is 0 Å². The van der Waals surface area contributed by atoms with E-state index in [0.717, 1.165) is 35.8 Å². The Hall–Kier alpha value is -3.32. The van der Waals surface area contributed by atoms with Crippen molar-refractivity contribution in [3.8, 4) is 5.75 Å². The molecular formula is C24H21ClNO6-. The fourth-order valence-corrected chi connectivity index (χ4v) is 4.17. The molecule has 0 unspecified atom stereocenters. The van der Waals surface area contributed by atoms with E-state index in [1.165, 1.54) is 0 Å². The van der Waals surface area contributed by atoms with Crippen LogP contribution >= 0.6 is 11.6 Å². The first-order valence-corrected chi connectivity index (χ1v) is 10.7. The minimum atomic E-state index is -1.40. The quantitative estimate of drug-likeness (QED) is 0.547. The number of carbonyl (C=O) groups is 2. The zero-order valence-electron chi connectivity index (χ0n) is 17.4. The van der Waals surface area contributed by atoms with Crippen LogP contribution in [0.4, 0.5) is 0 Å². The number of amides is 1. The Balaban J connectivity index is 1.45. The minimum absolute atomic E-state index is 0.0521. The van der Waals surface area contributed by atoms with Crippen molar-refractivity contribution >= 4 is 34.4 Å². The second-order valence-corrected chi connectivity index (χ2v) is 8.26. The molecule has 0 fully saturated rings. The Morgan fingerprint density at radius 3 is 2.59 bits per heavy atom. The standard InChI is InChI=1S/C24H22ClNO6/c1-13-20(10-9-17-16-3-2-4-18(16)24(30)32-22(13)17)31-12-21(27)26-19(23(28)29)11-14-5-7-15(25)8-6-14/h5-10,19H,2-4,11-12H2,1H3,(H,26,27)(H,28,29)/p-1/t19-/m1/s1. The summed E-state index contributed by atoms with van der Waals surface area (Å²) in [4.78, 5) is 36.1. The van der Waals surface area contributed by atoms with E-state index in [-0.39, 0.29) is 12.0 Å². The number of benzene rings is 2. The molecule has 0 saturated carbocycles. The fourth-order valence-electron chi connectivity index (χ4n) is 4.05. The van der Waals surface area contributed by atoms with Crippen molar-refractivity contribution in [2.24, 2.45) is 0 Å². The zero-order valence-corrected chi connectivity index (χ0v) is 18.2. The average molecular weight is 455 g/mol. The number of carboxylic acids is 1. The molecule has 0 radical (unpaired) electrons. The van der Waals surface area contributed by atoms with Gasteiger partial charge in [-0.1, -0.05) is 23.7 Å². The molecule has 1 heterocycles. The monoisotopic (exact) mass is 454 g/mol. The first-order valence-electron chi connectivity index (χ1n) is 10.3. The highest BCUT2D eigenvalue weighted by Gasteiger charge is 2.22. The second-order valence-electron chi connectivity index (χ2n) is 7.82. The molecule has 0 bridgehead atoms. The first-order chi connectivity index (χ1) is 15.3. The van der Waals surface area contributed by atoms with Gasteiger partial charge in [-0.2, -0.15) is 0 Å². The van der Waals surface area contributed by atoms with E-state index >= 15 is 0 Å². The average Bonchev–Trinajstić information content (AvgIpc) is 3.26. The van der Waals surface area contributed by atoms with Crippen LogP contribution in [0.1, 0.15) is 28.7 Å². The van der Waals surface area contributed by atoms with Crippen molar-refractivity contribution in [2.75, 3.05) is 6.61 Å². The summed E-state index contributed by atoms with van der Waals surface area (Å²) in [5.41, 5.74) is 3.17. The lowest BCUT2D eigenvalue weighted by Gasteiger charge is -2.20. The predicted molar refractivity (Wildman–Crippen MR) is 117 cm³/mol. The maximum Gasteiger partial charge on any atom is 0.339 e. The van der Waals surface area contributed by atoms with Gasteiger partial charge in [0.25, 0.3) is 5.91 Å². The third-order valence-corrected chi connectivity index (χ3v) is 5.92. The topological polar surface area (TPSA) is 109 Å². The van der Waals surface area contributed by atoms with Crippen molar-refractivity contribution < 1.29 is 23.8 Å². The van der Waals surface area contributed by atoms with E-state index in [9.17, 15) is 19.5 Å². The maximum atomic E-state index is 12.3. The molecule has 3 aromatic rings. The number of hydrogen-bond acceptors (Lipinski definition) is 6. The number of rotatable bonds is 7. The number of fused-ring (bicyclic) bond motifs is 3. The molecule has 1 amide bonds. The number of carbonyl (C=O) groups excluding carboxylic acids is 2. The normalized spacial score (nSPS) is 13.6. The van der Waals surface area contributed by atoms with Crippen LogP contribution in [-0.2, 0) is 28.9 Å². The van der Waals surface area contributed by atoms with E-state index in [1.807, 2.05) is 6.07 Å². The van der Waals surface area contributed by atoms with Gasteiger partial charge >= 0.3 is 5.63 Å². The molecule has 0 spiro atoms. The van der Waals surface area contributed by atoms with Crippen LogP contribution < -0.4 is 20.8 Å². The van der Waals surface area contributed by atoms with Crippen molar-refractivity contribution in [3.05, 3.63) is 74.1 Å². The largest absolute Gasteiger partial charge is 0.548 e. The third-order valence-electron chi connectivity index (χ3n) is 5.67. The molecule has 0 aliphatic heterocycles. The smallest absolute Gasteiger partial charge is 0.339 e. The summed E-state index contributed by atoms with van der Waals surface area (Å²) in [6.45, 7) is 1.36. The lowest BCUT2D eigenvalue weighted by Crippen LogP contribution is -2.50. The summed E-state index contributed by atoms with van der Waals surface area (Å²) < 4.78 is 11.1. The summed E-state index contributed by atoms with van der Waals surface area (Å²) in [6, 6.07) is 8.99. The lowest BCUT2D eigenvalue weighted by molar-refractivity contribution is -0.308. The molecule has 1 atom stereocenters. The number of nitrogens with one attached hydrogen (secondary N) is 1. The van der Waals surface area contributed by atoms with Crippen molar-refractivity contribution in [1.82, 2.24) is 5.32 Å². The van der Waals surface area contributed by atoms with Gasteiger partial charge in [-0.15, -0.1) is 0 Å². The molecule has 166 valence electrons. The highest BCUT2D eigenvalue weighted by Crippen LogP contribution is 2.32. The SMILES string of the molecule is Cc1c(OCC(=O)N[C@H](Cc2ccc(Cl)cc2)C(=O)[O-])ccc2c3c(c(=O)oc12)CCC3. The van der Waals surface area contributed by atoms with Gasteiger partial charge < -0.3 is 24.4 Å². The molecule has 4 rings (SSSR count). The number of aliphatic carboxylic acids is 1. The van der Waals surface area contributed by atoms with Crippen LogP contribution in [0.25, 0.3) is 11.0 Å². The van der Waals surface area contributed by atoms with Gasteiger partial charge in [-0.3, -0.25) is 4.79 Å². The van der Waals surface area contributed by atoms with E-state index in [4.69, 9.17) is 20.8 Å². The van der Waals surface area contributed by atoms with Gasteiger partial charge in [0, 0.05) is 21.5 Å². The summed E-state index contributed by atoms with van der Waals surface area (Å²) in [5, 5.41) is 15.3. The third kappa shape index (κ3) is 4.48. The highest BCUT2D eigenvalue weighted by atomic mass is 35.5. The Morgan fingerprint density at radius 2 is 1.88 bits per heavy atom. The fraction of sp³-hybridized carbons (Fsp3) is 0.292. The molecule has 1 aromatic heterocycles. The van der Waals surface area contributed by atoms with Crippen LogP contribution in [0.3, 0.4) is 0 Å². The van der Waals surface area contributed by atoms with Gasteiger partial charge in [0.2, 0.25) is 0 Å². The molecule has 32 heavy (non-hydrogen) atoms. The molecular weight excluding hydrogens is 434 g/mol. The Bertz CT molecular complexity index is 1250. The van der Waals surface area contributed by atoms with Gasteiger partial charge in [-0.05, 0) is 68.0 Å². The van der Waals surface area contributed by atoms with Crippen molar-refractivity contribution in [2.45, 2.75) is 38.6 Å². The van der Waals surface area contributed by atoms with Crippen molar-refractivity contribution in [1.29, 1.82) is 0 Å². The van der Waals surface area contributed by atoms with Crippen LogP contribution in [0.15, 0.2) is 45.6 Å². The minimum Gasteiger partial charge on any atom is -0.548 e. The number of carboxylic acid groups (broad SMARTS) is 1. The van der Waals surface area contributed by atoms with E-state index in [2.05, 4.69) is 5.32 Å². The summed E-state index contributed by atoms with van der Waals surface area (Å²) in [6.07, 6.45) is 2.53. The van der Waals surface area contributed by atoms with Gasteiger partial charge in [0.05, 0.1) is 12.0 Å². The molecule has 1 aliphatic carbocycles. The predicted octanol–water partition coefficient (Wildman–Crippen LogP) is 2.10. The Labute approximate surface area is 188 Å². The lowest BCUT2D eigenvalue weighted by atomic mass is 10.0. The number of aryl methyl sites for hydroxylation is 2. The van der Waals surface area contributed by atoms with E-state index in [1.54, 1.807) is 37.3 Å². The zero-order chi connectivity index (χ0) is 22.8. The molecule has 1 N–H and O–H groups in total. The molecule has 8 heteroatoms. The van der Waals surface area contributed by atoms with Crippen LogP contribution in [0.5, 0.6) is 5.75 Å². The Morgan fingerprint density at radius 1 is 1.16 bits per heavy atom. The van der Waals surface area contributed by atoms with Crippen LogP contribution in [0.2, 0.25) is 5.02 Å². The van der Waals surface area contributed by atoms with Gasteiger partial charge in [-0.25, -0.2) is 4.79 Å². The summed E-state index contributed by atoms with van der Waals surface area (Å²) >= 11 is 5.84. The first kappa shape index (κ1) is 21.9.